The largest absolute Gasteiger partial charge is 0.459 e. The van der Waals surface area contributed by atoms with Crippen LogP contribution in [0.1, 0.15) is 66.7 Å². The highest BCUT2D eigenvalue weighted by Crippen LogP contribution is 2.48. The molecule has 4 atom stereocenters. The van der Waals surface area contributed by atoms with Gasteiger partial charge in [-0.3, -0.25) is 9.59 Å². The molecule has 6 heteroatoms. The highest BCUT2D eigenvalue weighted by molar-refractivity contribution is 6.05. The predicted octanol–water partition coefficient (Wildman–Crippen LogP) is 3.59. The van der Waals surface area contributed by atoms with Crippen molar-refractivity contribution < 1.29 is 23.9 Å². The molecule has 0 radical (unpaired) electrons. The van der Waals surface area contributed by atoms with Gasteiger partial charge in [0.05, 0.1) is 12.0 Å². The van der Waals surface area contributed by atoms with Crippen molar-refractivity contribution in [2.45, 2.75) is 84.0 Å². The van der Waals surface area contributed by atoms with Crippen molar-refractivity contribution in [1.29, 1.82) is 0 Å². The number of carbonyl (C=O) groups excluding carboxylic acids is 3. The molecule has 0 spiro atoms. The lowest BCUT2D eigenvalue weighted by Crippen LogP contribution is -2.45. The molecule has 2 amide bonds. The molecule has 0 aromatic heterocycles. The Kier molecular flexibility index (Phi) is 4.65. The van der Waals surface area contributed by atoms with Gasteiger partial charge < -0.3 is 9.47 Å². The van der Waals surface area contributed by atoms with E-state index in [4.69, 9.17) is 9.47 Å². The number of hydrogen-bond acceptors (Lipinski definition) is 5. The first-order valence-electron chi connectivity index (χ1n) is 9.50. The summed E-state index contributed by atoms with van der Waals surface area (Å²) in [5.74, 6) is -0.685. The third-order valence-corrected chi connectivity index (χ3v) is 5.76. The monoisotopic (exact) mass is 363 g/mol. The first kappa shape index (κ1) is 18.9. The number of esters is 1. The molecule has 0 N–H and O–H groups in total. The van der Waals surface area contributed by atoms with Crippen LogP contribution in [0.25, 0.3) is 0 Å². The van der Waals surface area contributed by atoms with Crippen LogP contribution in [0.3, 0.4) is 0 Å². The van der Waals surface area contributed by atoms with Crippen LogP contribution in [0.2, 0.25) is 0 Å². The molecule has 1 unspecified atom stereocenters. The predicted molar refractivity (Wildman–Crippen MR) is 95.2 cm³/mol. The van der Waals surface area contributed by atoms with Crippen LogP contribution in [0, 0.1) is 11.8 Å². The molecule has 2 heterocycles. The Hall–Kier alpha value is -1.85. The van der Waals surface area contributed by atoms with Gasteiger partial charge in [0, 0.05) is 11.5 Å². The van der Waals surface area contributed by atoms with Crippen LogP contribution in [-0.4, -0.2) is 40.1 Å². The fourth-order valence-electron chi connectivity index (χ4n) is 4.55. The van der Waals surface area contributed by atoms with Crippen molar-refractivity contribution in [2.24, 2.45) is 11.8 Å². The molecular formula is C20H29NO5. The fraction of sp³-hybridized carbons (Fsp3) is 0.750. The normalized spacial score (nSPS) is 34.4. The van der Waals surface area contributed by atoms with Crippen molar-refractivity contribution >= 4 is 18.0 Å². The van der Waals surface area contributed by atoms with E-state index < -0.39 is 23.3 Å². The van der Waals surface area contributed by atoms with Gasteiger partial charge in [-0.2, -0.15) is 0 Å². The number of hydrogen-bond donors (Lipinski definition) is 0. The van der Waals surface area contributed by atoms with Crippen LogP contribution in [-0.2, 0) is 19.1 Å². The topological polar surface area (TPSA) is 72.9 Å². The van der Waals surface area contributed by atoms with Crippen LogP contribution in [0.4, 0.5) is 4.79 Å². The van der Waals surface area contributed by atoms with Gasteiger partial charge in [0.25, 0.3) is 5.91 Å². The number of imide groups is 1. The first-order chi connectivity index (χ1) is 12.0. The molecule has 0 aromatic rings. The lowest BCUT2D eigenvalue weighted by Gasteiger charge is -2.36. The van der Waals surface area contributed by atoms with Crippen molar-refractivity contribution in [3.05, 3.63) is 11.6 Å². The second-order valence-corrected chi connectivity index (χ2v) is 9.00. The van der Waals surface area contributed by atoms with Crippen LogP contribution >= 0.6 is 0 Å². The zero-order valence-corrected chi connectivity index (χ0v) is 16.3. The maximum atomic E-state index is 12.6. The van der Waals surface area contributed by atoms with E-state index in [-0.39, 0.29) is 23.7 Å². The highest BCUT2D eigenvalue weighted by atomic mass is 16.6. The van der Waals surface area contributed by atoms with Crippen LogP contribution in [0.15, 0.2) is 11.6 Å². The minimum atomic E-state index is -0.688. The van der Waals surface area contributed by atoms with Gasteiger partial charge in [0.1, 0.15) is 11.2 Å². The molecular weight excluding hydrogens is 334 g/mol. The first-order valence-corrected chi connectivity index (χ1v) is 9.50. The van der Waals surface area contributed by atoms with E-state index in [2.05, 4.69) is 0 Å². The maximum absolute atomic E-state index is 12.6. The van der Waals surface area contributed by atoms with Crippen LogP contribution in [0.5, 0.6) is 0 Å². The summed E-state index contributed by atoms with van der Waals surface area (Å²) < 4.78 is 11.1. The van der Waals surface area contributed by atoms with Gasteiger partial charge in [0.15, 0.2) is 0 Å². The zero-order chi connectivity index (χ0) is 19.3. The molecule has 2 fully saturated rings. The van der Waals surface area contributed by atoms with E-state index in [1.54, 1.807) is 33.8 Å². The third kappa shape index (κ3) is 3.38. The minimum Gasteiger partial charge on any atom is -0.459 e. The van der Waals surface area contributed by atoms with E-state index in [0.717, 1.165) is 30.6 Å². The lowest BCUT2D eigenvalue weighted by atomic mass is 9.71. The van der Waals surface area contributed by atoms with Crippen molar-refractivity contribution in [1.82, 2.24) is 4.90 Å². The second-order valence-electron chi connectivity index (χ2n) is 9.00. The van der Waals surface area contributed by atoms with Gasteiger partial charge in [0.2, 0.25) is 0 Å². The summed E-state index contributed by atoms with van der Waals surface area (Å²) in [7, 11) is 0. The number of fused-ring (bicyclic) bond motifs is 1. The van der Waals surface area contributed by atoms with Crippen LogP contribution < -0.4 is 0 Å². The summed E-state index contributed by atoms with van der Waals surface area (Å²) in [6, 6.07) is -0.459. The fourth-order valence-corrected chi connectivity index (χ4v) is 4.55. The average molecular weight is 363 g/mol. The summed E-state index contributed by atoms with van der Waals surface area (Å²) >= 11 is 0. The van der Waals surface area contributed by atoms with Gasteiger partial charge >= 0.3 is 12.1 Å². The summed E-state index contributed by atoms with van der Waals surface area (Å²) in [6.07, 6.45) is 5.51. The van der Waals surface area contributed by atoms with E-state index >= 15 is 0 Å². The summed E-state index contributed by atoms with van der Waals surface area (Å²) in [4.78, 5) is 38.7. The molecule has 6 nitrogen and oxygen atoms in total. The smallest absolute Gasteiger partial charge is 0.417 e. The molecule has 26 heavy (non-hydrogen) atoms. The highest BCUT2D eigenvalue weighted by Gasteiger charge is 2.54. The number of carbonyl (C=O) groups is 3. The Morgan fingerprint density at radius 1 is 1.35 bits per heavy atom. The molecule has 0 bridgehead atoms. The average Bonchev–Trinajstić information content (AvgIpc) is 2.91. The second kappa shape index (κ2) is 6.39. The summed E-state index contributed by atoms with van der Waals surface area (Å²) in [5.41, 5.74) is -0.580. The standard InChI is InChI=1S/C20H29NO5/c1-12-10-13(21(16(12)22)18(24)26-19(2,3)4)11-14-15-8-6-7-9-20(15,5)25-17(14)23/h10,13-15H,6-9,11H2,1-5H3/t13?,14-,15-,20-/m1/s1. The summed E-state index contributed by atoms with van der Waals surface area (Å²) in [6.45, 7) is 9.01. The molecule has 1 saturated heterocycles. The van der Waals surface area contributed by atoms with Crippen molar-refractivity contribution in [3.8, 4) is 0 Å². The molecule has 1 aliphatic carbocycles. The SMILES string of the molecule is CC1=CC(C[C@H]2C(=O)O[C@]3(C)CCCC[C@H]23)N(C(=O)OC(C)(C)C)C1=O. The van der Waals surface area contributed by atoms with Crippen molar-refractivity contribution in [3.63, 3.8) is 0 Å². The van der Waals surface area contributed by atoms with E-state index in [9.17, 15) is 14.4 Å². The Labute approximate surface area is 154 Å². The minimum absolute atomic E-state index is 0.147. The van der Waals surface area contributed by atoms with E-state index in [1.807, 2.05) is 6.92 Å². The van der Waals surface area contributed by atoms with Crippen molar-refractivity contribution in [2.75, 3.05) is 0 Å². The van der Waals surface area contributed by atoms with Gasteiger partial charge in [-0.15, -0.1) is 0 Å². The molecule has 0 aromatic carbocycles. The quantitative estimate of drug-likeness (QED) is 0.701. The van der Waals surface area contributed by atoms with Gasteiger partial charge in [-0.25, -0.2) is 9.69 Å². The van der Waals surface area contributed by atoms with E-state index in [1.165, 1.54) is 0 Å². The molecule has 3 aliphatic rings. The molecule has 144 valence electrons. The zero-order valence-electron chi connectivity index (χ0n) is 16.3. The van der Waals surface area contributed by atoms with E-state index in [0.29, 0.717) is 12.0 Å². The Bertz CT molecular complexity index is 662. The third-order valence-electron chi connectivity index (χ3n) is 5.76. The maximum Gasteiger partial charge on any atom is 0.417 e. The number of rotatable bonds is 2. The lowest BCUT2D eigenvalue weighted by molar-refractivity contribution is -0.151. The number of nitrogens with zero attached hydrogens (tertiary/aromatic N) is 1. The Morgan fingerprint density at radius 3 is 2.69 bits per heavy atom. The Morgan fingerprint density at radius 2 is 2.04 bits per heavy atom. The van der Waals surface area contributed by atoms with Gasteiger partial charge in [-0.05, 0) is 60.3 Å². The Balaban J connectivity index is 1.79. The van der Waals surface area contributed by atoms with Gasteiger partial charge in [-0.1, -0.05) is 12.5 Å². The molecule has 2 aliphatic heterocycles. The molecule has 3 rings (SSSR count). The summed E-state index contributed by atoms with van der Waals surface area (Å²) in [5, 5.41) is 0. The number of amides is 2. The number of ether oxygens (including phenoxy) is 2. The molecule has 1 saturated carbocycles.